The minimum atomic E-state index is -4.78. The lowest BCUT2D eigenvalue weighted by Gasteiger charge is -2.08. The molecule has 0 aliphatic heterocycles. The number of hydrogen-bond donors (Lipinski definition) is 2. The van der Waals surface area contributed by atoms with Gasteiger partial charge in [0.2, 0.25) is 0 Å². The third kappa shape index (κ3) is 2.34. The third-order valence-electron chi connectivity index (χ3n) is 1.67. The van der Waals surface area contributed by atoms with Crippen molar-refractivity contribution < 1.29 is 18.1 Å². The second-order valence-corrected chi connectivity index (χ2v) is 2.63. The lowest BCUT2D eigenvalue weighted by atomic mass is 10.1. The van der Waals surface area contributed by atoms with E-state index < -0.39 is 22.4 Å². The van der Waals surface area contributed by atoms with Crippen LogP contribution in [0, 0.1) is 10.1 Å². The number of benzene rings is 1. The molecule has 0 fully saturated rings. The van der Waals surface area contributed by atoms with Crippen molar-refractivity contribution in [1.82, 2.24) is 0 Å². The Morgan fingerprint density at radius 3 is 2.40 bits per heavy atom. The van der Waals surface area contributed by atoms with Gasteiger partial charge in [-0.05, 0) is 12.1 Å². The molecule has 0 radical (unpaired) electrons. The summed E-state index contributed by atoms with van der Waals surface area (Å²) in [5, 5.41) is 10.3. The van der Waals surface area contributed by atoms with Crippen molar-refractivity contribution in [3.63, 3.8) is 0 Å². The quantitative estimate of drug-likeness (QED) is 0.454. The molecule has 1 aromatic rings. The molecule has 0 saturated carbocycles. The van der Waals surface area contributed by atoms with Gasteiger partial charge in [0.25, 0.3) is 5.69 Å². The van der Waals surface area contributed by atoms with E-state index in [-0.39, 0.29) is 5.69 Å². The summed E-state index contributed by atoms with van der Waals surface area (Å²) in [6.45, 7) is 0. The van der Waals surface area contributed by atoms with E-state index in [4.69, 9.17) is 5.84 Å². The highest BCUT2D eigenvalue weighted by atomic mass is 19.4. The molecule has 0 aliphatic carbocycles. The maximum atomic E-state index is 12.4. The predicted molar refractivity (Wildman–Crippen MR) is 45.9 cm³/mol. The molecule has 3 N–H and O–H groups in total. The van der Waals surface area contributed by atoms with Gasteiger partial charge in [-0.2, -0.15) is 13.2 Å². The van der Waals surface area contributed by atoms with Crippen molar-refractivity contribution in [2.45, 2.75) is 6.18 Å². The van der Waals surface area contributed by atoms with Gasteiger partial charge < -0.3 is 5.43 Å². The van der Waals surface area contributed by atoms with Crippen LogP contribution in [-0.4, -0.2) is 4.92 Å². The number of nitrogens with two attached hydrogens (primary N) is 1. The second kappa shape index (κ2) is 3.73. The summed E-state index contributed by atoms with van der Waals surface area (Å²) in [4.78, 5) is 9.23. The molecular formula is C7H6F3N3O2. The summed E-state index contributed by atoms with van der Waals surface area (Å²) in [6, 6.07) is 2.42. The first-order chi connectivity index (χ1) is 6.86. The van der Waals surface area contributed by atoms with E-state index in [1.807, 2.05) is 5.43 Å². The number of rotatable bonds is 2. The van der Waals surface area contributed by atoms with Crippen molar-refractivity contribution in [3.8, 4) is 0 Å². The summed E-state index contributed by atoms with van der Waals surface area (Å²) in [5.74, 6) is 4.90. The van der Waals surface area contributed by atoms with Gasteiger partial charge in [0.05, 0.1) is 4.92 Å². The zero-order chi connectivity index (χ0) is 11.6. The van der Waals surface area contributed by atoms with E-state index in [0.717, 1.165) is 12.1 Å². The number of anilines is 1. The molecule has 0 aliphatic rings. The van der Waals surface area contributed by atoms with E-state index in [1.165, 1.54) is 0 Å². The number of hydrogen-bond acceptors (Lipinski definition) is 4. The monoisotopic (exact) mass is 221 g/mol. The fourth-order valence-corrected chi connectivity index (χ4v) is 1.01. The minimum absolute atomic E-state index is 0.0482. The Kier molecular flexibility index (Phi) is 2.80. The third-order valence-corrected chi connectivity index (χ3v) is 1.67. The van der Waals surface area contributed by atoms with Gasteiger partial charge in [-0.3, -0.25) is 16.0 Å². The Balaban J connectivity index is 3.36. The molecule has 1 rings (SSSR count). The van der Waals surface area contributed by atoms with E-state index >= 15 is 0 Å². The zero-order valence-electron chi connectivity index (χ0n) is 7.21. The van der Waals surface area contributed by atoms with Gasteiger partial charge in [0, 0.05) is 11.8 Å². The molecule has 0 unspecified atom stereocenters. The van der Waals surface area contributed by atoms with Gasteiger partial charge in [-0.1, -0.05) is 0 Å². The number of alkyl halides is 3. The summed E-state index contributed by atoms with van der Waals surface area (Å²) in [6.07, 6.45) is -4.78. The summed E-state index contributed by atoms with van der Waals surface area (Å²) in [5.41, 5.74) is -0.394. The molecule has 82 valence electrons. The average Bonchev–Trinajstić information content (AvgIpc) is 2.15. The smallest absolute Gasteiger partial charge is 0.324 e. The van der Waals surface area contributed by atoms with Crippen molar-refractivity contribution in [3.05, 3.63) is 33.9 Å². The van der Waals surface area contributed by atoms with Crippen LogP contribution in [0.5, 0.6) is 0 Å². The molecule has 8 heteroatoms. The second-order valence-electron chi connectivity index (χ2n) is 2.63. The highest BCUT2D eigenvalue weighted by molar-refractivity contribution is 5.54. The molecule has 0 saturated heterocycles. The van der Waals surface area contributed by atoms with E-state index in [9.17, 15) is 23.3 Å². The lowest BCUT2D eigenvalue weighted by Crippen LogP contribution is -2.12. The van der Waals surface area contributed by atoms with Gasteiger partial charge >= 0.3 is 6.18 Å². The van der Waals surface area contributed by atoms with Crippen LogP contribution in [0.1, 0.15) is 5.56 Å². The van der Waals surface area contributed by atoms with Crippen LogP contribution in [0.3, 0.4) is 0 Å². The highest BCUT2D eigenvalue weighted by Crippen LogP contribution is 2.37. The SMILES string of the molecule is NNc1ccc([N+](=O)[O-])c(C(F)(F)F)c1. The average molecular weight is 221 g/mol. The Morgan fingerprint density at radius 2 is 2.00 bits per heavy atom. The molecule has 0 amide bonds. The van der Waals surface area contributed by atoms with Crippen LogP contribution < -0.4 is 11.3 Å². The molecule has 0 heterocycles. The predicted octanol–water partition coefficient (Wildman–Crippen LogP) is 1.90. The summed E-state index contributed by atoms with van der Waals surface area (Å²) < 4.78 is 37.1. The molecule has 0 aromatic heterocycles. The number of nitrogens with one attached hydrogen (secondary N) is 1. The van der Waals surface area contributed by atoms with Crippen molar-refractivity contribution in [2.24, 2.45) is 5.84 Å². The first kappa shape index (κ1) is 11.2. The largest absolute Gasteiger partial charge is 0.423 e. The van der Waals surface area contributed by atoms with Crippen LogP contribution in [0.4, 0.5) is 24.5 Å². The van der Waals surface area contributed by atoms with Crippen LogP contribution >= 0.6 is 0 Å². The fourth-order valence-electron chi connectivity index (χ4n) is 1.01. The lowest BCUT2D eigenvalue weighted by molar-refractivity contribution is -0.388. The molecule has 5 nitrogen and oxygen atoms in total. The first-order valence-electron chi connectivity index (χ1n) is 3.68. The topological polar surface area (TPSA) is 81.2 Å². The number of nitrogen functional groups attached to an aromatic ring is 1. The van der Waals surface area contributed by atoms with E-state index in [0.29, 0.717) is 6.07 Å². The Morgan fingerprint density at radius 1 is 1.40 bits per heavy atom. The van der Waals surface area contributed by atoms with E-state index in [2.05, 4.69) is 0 Å². The van der Waals surface area contributed by atoms with Crippen LogP contribution in [0.25, 0.3) is 0 Å². The number of nitrogens with zero attached hydrogens (tertiary/aromatic N) is 1. The maximum Gasteiger partial charge on any atom is 0.423 e. The fraction of sp³-hybridized carbons (Fsp3) is 0.143. The molecular weight excluding hydrogens is 215 g/mol. The number of nitro groups is 1. The van der Waals surface area contributed by atoms with Crippen molar-refractivity contribution in [1.29, 1.82) is 0 Å². The summed E-state index contributed by atoms with van der Waals surface area (Å²) in [7, 11) is 0. The Bertz CT molecular complexity index is 392. The van der Waals surface area contributed by atoms with Gasteiger partial charge in [-0.25, -0.2) is 0 Å². The van der Waals surface area contributed by atoms with Crippen molar-refractivity contribution >= 4 is 11.4 Å². The van der Waals surface area contributed by atoms with E-state index in [1.54, 1.807) is 0 Å². The first-order valence-corrected chi connectivity index (χ1v) is 3.68. The van der Waals surface area contributed by atoms with Gasteiger partial charge in [0.1, 0.15) is 5.56 Å². The normalized spacial score (nSPS) is 11.2. The minimum Gasteiger partial charge on any atom is -0.324 e. The molecule has 0 spiro atoms. The number of hydrazine groups is 1. The standard InChI is InChI=1S/C7H6F3N3O2/c8-7(9,10)5-3-4(12-11)1-2-6(5)13(14)15/h1-3,12H,11H2. The highest BCUT2D eigenvalue weighted by Gasteiger charge is 2.38. The Hall–Kier alpha value is -1.83. The number of halogens is 3. The molecule has 1 aromatic carbocycles. The molecule has 0 bridgehead atoms. The van der Waals surface area contributed by atoms with Crippen LogP contribution in [0.2, 0.25) is 0 Å². The number of nitro benzene ring substituents is 1. The molecule has 0 atom stereocenters. The van der Waals surface area contributed by atoms with Crippen LogP contribution in [-0.2, 0) is 6.18 Å². The van der Waals surface area contributed by atoms with Gasteiger partial charge in [-0.15, -0.1) is 0 Å². The van der Waals surface area contributed by atoms with Crippen LogP contribution in [0.15, 0.2) is 18.2 Å². The summed E-state index contributed by atoms with van der Waals surface area (Å²) >= 11 is 0. The van der Waals surface area contributed by atoms with Crippen molar-refractivity contribution in [2.75, 3.05) is 5.43 Å². The molecule has 15 heavy (non-hydrogen) atoms. The van der Waals surface area contributed by atoms with Gasteiger partial charge in [0.15, 0.2) is 0 Å². The maximum absolute atomic E-state index is 12.4. The zero-order valence-corrected chi connectivity index (χ0v) is 7.21. The Labute approximate surface area is 81.8 Å².